The van der Waals surface area contributed by atoms with Crippen LogP contribution in [0.4, 0.5) is 18.9 Å². The van der Waals surface area contributed by atoms with Gasteiger partial charge in [0, 0.05) is 24.8 Å². The highest BCUT2D eigenvalue weighted by molar-refractivity contribution is 7.87. The molecular formula is C16H19F3N4O3S. The number of alkyl halides is 3. The summed E-state index contributed by atoms with van der Waals surface area (Å²) in [5.74, 6) is -0.723. The van der Waals surface area contributed by atoms with Crippen LogP contribution in [-0.4, -0.2) is 62.0 Å². The number of halogens is 3. The monoisotopic (exact) mass is 404 g/mol. The summed E-state index contributed by atoms with van der Waals surface area (Å²) in [7, 11) is -1.65. The second-order valence-corrected chi connectivity index (χ2v) is 8.08. The molecular weight excluding hydrogens is 385 g/mol. The van der Waals surface area contributed by atoms with Gasteiger partial charge in [-0.3, -0.25) is 0 Å². The van der Waals surface area contributed by atoms with Crippen molar-refractivity contribution in [3.63, 3.8) is 0 Å². The normalized spacial score (nSPS) is 16.9. The average molecular weight is 404 g/mol. The van der Waals surface area contributed by atoms with Crippen molar-refractivity contribution in [2.75, 3.05) is 32.1 Å². The minimum atomic E-state index is -5.77. The highest BCUT2D eigenvalue weighted by Gasteiger charge is 2.48. The van der Waals surface area contributed by atoms with Crippen molar-refractivity contribution in [3.05, 3.63) is 24.4 Å². The van der Waals surface area contributed by atoms with Crippen LogP contribution in [0.15, 0.2) is 24.4 Å². The molecule has 148 valence electrons. The fraction of sp³-hybridized carbons (Fsp3) is 0.500. The van der Waals surface area contributed by atoms with Crippen LogP contribution in [-0.2, 0) is 10.1 Å². The molecule has 1 aliphatic rings. The van der Waals surface area contributed by atoms with Crippen molar-refractivity contribution in [3.8, 4) is 5.88 Å². The molecule has 0 amide bonds. The molecule has 1 aromatic heterocycles. The maximum absolute atomic E-state index is 12.4. The summed E-state index contributed by atoms with van der Waals surface area (Å²) >= 11 is 0. The molecule has 3 rings (SSSR count). The molecule has 0 bridgehead atoms. The summed E-state index contributed by atoms with van der Waals surface area (Å²) in [6, 6.07) is 5.69. The number of piperidine rings is 1. The van der Waals surface area contributed by atoms with Crippen molar-refractivity contribution in [1.82, 2.24) is 14.9 Å². The van der Waals surface area contributed by atoms with E-state index in [0.717, 1.165) is 37.8 Å². The van der Waals surface area contributed by atoms with Gasteiger partial charge in [-0.05, 0) is 45.1 Å². The van der Waals surface area contributed by atoms with E-state index in [-0.39, 0.29) is 5.52 Å². The van der Waals surface area contributed by atoms with Gasteiger partial charge in [-0.25, -0.2) is 9.97 Å². The molecule has 0 aliphatic carbocycles. The first-order valence-corrected chi connectivity index (χ1v) is 9.66. The Hall–Kier alpha value is -2.14. The molecule has 1 aromatic carbocycles. The Labute approximate surface area is 154 Å². The molecule has 1 aliphatic heterocycles. The van der Waals surface area contributed by atoms with E-state index >= 15 is 0 Å². The third-order valence-electron chi connectivity index (χ3n) is 4.54. The number of rotatable bonds is 4. The van der Waals surface area contributed by atoms with E-state index in [1.165, 1.54) is 0 Å². The van der Waals surface area contributed by atoms with Crippen LogP contribution in [0.1, 0.15) is 12.8 Å². The molecule has 0 spiro atoms. The fourth-order valence-electron chi connectivity index (χ4n) is 3.02. The first-order chi connectivity index (χ1) is 12.6. The highest BCUT2D eigenvalue weighted by atomic mass is 32.2. The number of aromatic nitrogens is 2. The molecule has 0 unspecified atom stereocenters. The van der Waals surface area contributed by atoms with Crippen LogP contribution in [0.2, 0.25) is 0 Å². The van der Waals surface area contributed by atoms with Crippen LogP contribution in [0.25, 0.3) is 11.0 Å². The van der Waals surface area contributed by atoms with Gasteiger partial charge < -0.3 is 14.0 Å². The number of hydrogen-bond acceptors (Lipinski definition) is 7. The van der Waals surface area contributed by atoms with Crippen molar-refractivity contribution >= 4 is 26.8 Å². The summed E-state index contributed by atoms with van der Waals surface area (Å²) in [6.07, 6.45) is 2.92. The van der Waals surface area contributed by atoms with Crippen molar-refractivity contribution in [2.24, 2.45) is 0 Å². The third kappa shape index (κ3) is 4.24. The van der Waals surface area contributed by atoms with Gasteiger partial charge in [0.1, 0.15) is 0 Å². The van der Waals surface area contributed by atoms with Crippen LogP contribution in [0.3, 0.4) is 0 Å². The molecule has 27 heavy (non-hydrogen) atoms. The highest BCUT2D eigenvalue weighted by Crippen LogP contribution is 2.28. The Balaban J connectivity index is 1.78. The van der Waals surface area contributed by atoms with Gasteiger partial charge in [0.25, 0.3) is 5.88 Å². The van der Waals surface area contributed by atoms with Crippen LogP contribution >= 0.6 is 0 Å². The van der Waals surface area contributed by atoms with Crippen molar-refractivity contribution in [1.29, 1.82) is 0 Å². The average Bonchev–Trinajstić information content (AvgIpc) is 2.60. The Morgan fingerprint density at radius 1 is 1.19 bits per heavy atom. The number of benzene rings is 1. The molecule has 2 aromatic rings. The number of fused-ring (bicyclic) bond motifs is 1. The maximum Gasteiger partial charge on any atom is 0.534 e. The lowest BCUT2D eigenvalue weighted by molar-refractivity contribution is -0.0501. The van der Waals surface area contributed by atoms with Gasteiger partial charge in [0.05, 0.1) is 17.2 Å². The summed E-state index contributed by atoms with van der Waals surface area (Å²) < 4.78 is 63.3. The van der Waals surface area contributed by atoms with Crippen LogP contribution in [0, 0.1) is 0 Å². The number of nitrogens with zero attached hydrogens (tertiary/aromatic N) is 4. The van der Waals surface area contributed by atoms with E-state index in [1.54, 1.807) is 18.2 Å². The molecule has 11 heteroatoms. The predicted octanol–water partition coefficient (Wildman–Crippen LogP) is 2.39. The zero-order valence-electron chi connectivity index (χ0n) is 14.8. The lowest BCUT2D eigenvalue weighted by atomic mass is 10.0. The van der Waals surface area contributed by atoms with E-state index in [4.69, 9.17) is 0 Å². The summed E-state index contributed by atoms with van der Waals surface area (Å²) in [6.45, 7) is 1.76. The van der Waals surface area contributed by atoms with Gasteiger partial charge in [0.15, 0.2) is 0 Å². The first-order valence-electron chi connectivity index (χ1n) is 8.26. The van der Waals surface area contributed by atoms with Crippen molar-refractivity contribution < 1.29 is 25.8 Å². The van der Waals surface area contributed by atoms with Gasteiger partial charge >= 0.3 is 15.6 Å². The summed E-state index contributed by atoms with van der Waals surface area (Å²) in [5.41, 5.74) is -3.90. The summed E-state index contributed by atoms with van der Waals surface area (Å²) in [4.78, 5) is 12.2. The molecule has 7 nitrogen and oxygen atoms in total. The fourth-order valence-corrected chi connectivity index (χ4v) is 3.42. The molecule has 1 fully saturated rings. The Morgan fingerprint density at radius 3 is 2.44 bits per heavy atom. The Bertz CT molecular complexity index is 926. The molecule has 2 heterocycles. The number of hydrogen-bond donors (Lipinski definition) is 0. The van der Waals surface area contributed by atoms with Crippen molar-refractivity contribution in [2.45, 2.75) is 24.4 Å². The van der Waals surface area contributed by atoms with E-state index < -0.39 is 21.5 Å². The summed E-state index contributed by atoms with van der Waals surface area (Å²) in [5, 5.41) is 0. The van der Waals surface area contributed by atoms with E-state index in [2.05, 4.69) is 38.0 Å². The van der Waals surface area contributed by atoms with Gasteiger partial charge in [-0.1, -0.05) is 0 Å². The van der Waals surface area contributed by atoms with Gasteiger partial charge in [-0.2, -0.15) is 21.6 Å². The minimum Gasteiger partial charge on any atom is -0.371 e. The van der Waals surface area contributed by atoms with Crippen LogP contribution in [0.5, 0.6) is 5.88 Å². The molecule has 0 atom stereocenters. The Morgan fingerprint density at radius 2 is 1.85 bits per heavy atom. The van der Waals surface area contributed by atoms with Gasteiger partial charge in [0.2, 0.25) is 0 Å². The molecule has 0 N–H and O–H groups in total. The SMILES string of the molecule is CN(C)C1CCN(c2ccc3nc(OS(=O)(=O)C(F)(F)F)cnc3c2)CC1. The third-order valence-corrected chi connectivity index (χ3v) is 5.50. The minimum absolute atomic E-state index is 0.247. The topological polar surface area (TPSA) is 75.6 Å². The number of anilines is 1. The van der Waals surface area contributed by atoms with E-state index in [0.29, 0.717) is 11.6 Å². The molecule has 0 saturated carbocycles. The zero-order chi connectivity index (χ0) is 19.8. The lowest BCUT2D eigenvalue weighted by Gasteiger charge is -2.36. The molecule has 1 saturated heterocycles. The first kappa shape index (κ1) is 19.6. The van der Waals surface area contributed by atoms with E-state index in [1.807, 2.05) is 0 Å². The largest absolute Gasteiger partial charge is 0.534 e. The quantitative estimate of drug-likeness (QED) is 0.572. The lowest BCUT2D eigenvalue weighted by Crippen LogP contribution is -2.41. The second-order valence-electron chi connectivity index (χ2n) is 6.55. The van der Waals surface area contributed by atoms with E-state index in [9.17, 15) is 21.6 Å². The maximum atomic E-state index is 12.4. The molecule has 0 radical (unpaired) electrons. The van der Waals surface area contributed by atoms with Crippen LogP contribution < -0.4 is 9.08 Å². The van der Waals surface area contributed by atoms with Gasteiger partial charge in [-0.15, -0.1) is 0 Å². The second kappa shape index (κ2) is 7.12. The zero-order valence-corrected chi connectivity index (χ0v) is 15.6. The smallest absolute Gasteiger partial charge is 0.371 e. The predicted molar refractivity (Wildman–Crippen MR) is 94.1 cm³/mol. The Kier molecular flexibility index (Phi) is 5.17. The standard InChI is InChI=1S/C16H19F3N4O3S/c1-22(2)11-5-7-23(8-6-11)12-3-4-13-14(9-12)20-10-15(21-13)26-27(24,25)16(17,18)19/h3-4,9-11H,5-8H2,1-2H3.